The number of nitrogens with zero attached hydrogens (tertiary/aromatic N) is 2. The van der Waals surface area contributed by atoms with Gasteiger partial charge in [-0.25, -0.2) is 14.4 Å². The number of hydrogen-bond acceptors (Lipinski definition) is 4. The molecule has 138 valence electrons. The first-order valence-electron chi connectivity index (χ1n) is 8.70. The lowest BCUT2D eigenvalue weighted by atomic mass is 10.1. The molecule has 0 aliphatic heterocycles. The third-order valence-electron chi connectivity index (χ3n) is 4.13. The van der Waals surface area contributed by atoms with Gasteiger partial charge < -0.3 is 5.32 Å². The molecule has 0 radical (unpaired) electrons. The van der Waals surface area contributed by atoms with E-state index in [2.05, 4.69) is 10.3 Å². The molecule has 4 nitrogen and oxygen atoms in total. The Balaban J connectivity index is 1.62. The fourth-order valence-corrected chi connectivity index (χ4v) is 3.49. The minimum absolute atomic E-state index is 0.131. The minimum atomic E-state index is -0.327. The summed E-state index contributed by atoms with van der Waals surface area (Å²) < 4.78 is 13.0. The molecule has 0 spiro atoms. The molecule has 0 bridgehead atoms. The zero-order valence-corrected chi connectivity index (χ0v) is 15.6. The largest absolute Gasteiger partial charge is 0.309 e. The van der Waals surface area contributed by atoms with Crippen LogP contribution in [0.15, 0.2) is 78.3 Å². The van der Waals surface area contributed by atoms with Crippen molar-refractivity contribution in [3.05, 3.63) is 89.7 Å². The quantitative estimate of drug-likeness (QED) is 0.511. The lowest BCUT2D eigenvalue weighted by Crippen LogP contribution is -2.16. The van der Waals surface area contributed by atoms with Gasteiger partial charge in [-0.3, -0.25) is 4.79 Å². The maximum absolute atomic E-state index is 13.0. The SMILES string of the molecule is O=C(Cc1ccc(F)cc1)Nc1ncc(-c2ccccc2)nc1-c1cccs1. The Hall–Kier alpha value is -3.38. The van der Waals surface area contributed by atoms with Gasteiger partial charge in [0.1, 0.15) is 11.5 Å². The Morgan fingerprint density at radius 3 is 2.50 bits per heavy atom. The number of hydrogen-bond donors (Lipinski definition) is 1. The standard InChI is InChI=1S/C22H16FN3OS/c23-17-10-8-15(9-11-17)13-20(27)26-22-21(19-7-4-12-28-19)25-18(14-24-22)16-5-2-1-3-6-16/h1-12,14H,13H2,(H,24,26,27). The Morgan fingerprint density at radius 2 is 1.79 bits per heavy atom. The number of benzene rings is 2. The fourth-order valence-electron chi connectivity index (χ4n) is 2.78. The number of carbonyl (C=O) groups is 1. The lowest BCUT2D eigenvalue weighted by Gasteiger charge is -2.10. The fraction of sp³-hybridized carbons (Fsp3) is 0.0455. The maximum atomic E-state index is 13.0. The van der Waals surface area contributed by atoms with E-state index >= 15 is 0 Å². The summed E-state index contributed by atoms with van der Waals surface area (Å²) in [5.41, 5.74) is 3.05. The number of halogens is 1. The van der Waals surface area contributed by atoms with E-state index in [1.165, 1.54) is 23.5 Å². The van der Waals surface area contributed by atoms with E-state index in [0.717, 1.165) is 21.7 Å². The third kappa shape index (κ3) is 4.13. The second kappa shape index (κ2) is 8.10. The molecular weight excluding hydrogens is 373 g/mol. The van der Waals surface area contributed by atoms with Crippen LogP contribution in [0.4, 0.5) is 10.2 Å². The molecule has 0 aliphatic carbocycles. The van der Waals surface area contributed by atoms with Crippen LogP contribution >= 0.6 is 11.3 Å². The highest BCUT2D eigenvalue weighted by Crippen LogP contribution is 2.30. The molecule has 2 aromatic carbocycles. The minimum Gasteiger partial charge on any atom is -0.309 e. The van der Waals surface area contributed by atoms with Gasteiger partial charge in [-0.1, -0.05) is 48.5 Å². The Kier molecular flexibility index (Phi) is 5.21. The molecule has 0 atom stereocenters. The van der Waals surface area contributed by atoms with E-state index < -0.39 is 0 Å². The van der Waals surface area contributed by atoms with Gasteiger partial charge in [-0.15, -0.1) is 11.3 Å². The van der Waals surface area contributed by atoms with Gasteiger partial charge in [0.2, 0.25) is 5.91 Å². The Morgan fingerprint density at radius 1 is 1.00 bits per heavy atom. The second-order valence-corrected chi connectivity index (χ2v) is 7.09. The van der Waals surface area contributed by atoms with Crippen LogP contribution in [0.25, 0.3) is 21.8 Å². The van der Waals surface area contributed by atoms with Crippen molar-refractivity contribution in [1.82, 2.24) is 9.97 Å². The molecule has 1 amide bonds. The van der Waals surface area contributed by atoms with Crippen molar-refractivity contribution >= 4 is 23.1 Å². The van der Waals surface area contributed by atoms with Gasteiger partial charge in [-0.2, -0.15) is 0 Å². The third-order valence-corrected chi connectivity index (χ3v) is 5.01. The number of rotatable bonds is 5. The summed E-state index contributed by atoms with van der Waals surface area (Å²) in [6.45, 7) is 0. The molecule has 0 saturated carbocycles. The van der Waals surface area contributed by atoms with E-state index in [4.69, 9.17) is 4.98 Å². The van der Waals surface area contributed by atoms with Crippen molar-refractivity contribution in [2.24, 2.45) is 0 Å². The van der Waals surface area contributed by atoms with Crippen LogP contribution in [0.5, 0.6) is 0 Å². The highest BCUT2D eigenvalue weighted by molar-refractivity contribution is 7.13. The van der Waals surface area contributed by atoms with Crippen LogP contribution in [-0.2, 0) is 11.2 Å². The summed E-state index contributed by atoms with van der Waals surface area (Å²) >= 11 is 1.53. The smallest absolute Gasteiger partial charge is 0.230 e. The van der Waals surface area contributed by atoms with E-state index in [0.29, 0.717) is 11.5 Å². The maximum Gasteiger partial charge on any atom is 0.230 e. The summed E-state index contributed by atoms with van der Waals surface area (Å²) in [5.74, 6) is -0.146. The zero-order valence-electron chi connectivity index (χ0n) is 14.8. The summed E-state index contributed by atoms with van der Waals surface area (Å²) in [6.07, 6.45) is 1.78. The molecule has 0 unspecified atom stereocenters. The molecule has 6 heteroatoms. The van der Waals surface area contributed by atoms with Crippen LogP contribution in [-0.4, -0.2) is 15.9 Å². The molecule has 2 heterocycles. The molecule has 2 aromatic heterocycles. The van der Waals surface area contributed by atoms with Crippen LogP contribution < -0.4 is 5.32 Å². The zero-order chi connectivity index (χ0) is 19.3. The predicted molar refractivity (Wildman–Crippen MR) is 110 cm³/mol. The second-order valence-electron chi connectivity index (χ2n) is 6.15. The Bertz CT molecular complexity index is 1080. The van der Waals surface area contributed by atoms with Gasteiger partial charge in [0.25, 0.3) is 0 Å². The van der Waals surface area contributed by atoms with Crippen molar-refractivity contribution < 1.29 is 9.18 Å². The van der Waals surface area contributed by atoms with Crippen molar-refractivity contribution in [3.63, 3.8) is 0 Å². The first kappa shape index (κ1) is 18.0. The summed E-state index contributed by atoms with van der Waals surface area (Å²) in [7, 11) is 0. The topological polar surface area (TPSA) is 54.9 Å². The van der Waals surface area contributed by atoms with E-state index in [9.17, 15) is 9.18 Å². The molecule has 1 N–H and O–H groups in total. The molecule has 4 rings (SSSR count). The molecule has 28 heavy (non-hydrogen) atoms. The van der Waals surface area contributed by atoms with Crippen LogP contribution in [0, 0.1) is 5.82 Å². The summed E-state index contributed by atoms with van der Waals surface area (Å²) in [4.78, 5) is 22.6. The number of carbonyl (C=O) groups excluding carboxylic acids is 1. The number of amides is 1. The highest BCUT2D eigenvalue weighted by atomic mass is 32.1. The first-order chi connectivity index (χ1) is 13.7. The summed E-state index contributed by atoms with van der Waals surface area (Å²) in [6, 6.07) is 19.5. The van der Waals surface area contributed by atoms with Gasteiger partial charge in [0.15, 0.2) is 5.82 Å². The first-order valence-corrected chi connectivity index (χ1v) is 9.57. The molecule has 0 aliphatic rings. The van der Waals surface area contributed by atoms with Gasteiger partial charge in [0.05, 0.1) is 23.2 Å². The normalized spacial score (nSPS) is 10.6. The molecule has 4 aromatic rings. The Labute approximate surface area is 165 Å². The predicted octanol–water partition coefficient (Wildman–Crippen LogP) is 5.19. The van der Waals surface area contributed by atoms with Crippen molar-refractivity contribution in [3.8, 4) is 21.8 Å². The number of thiophene rings is 1. The molecule has 0 saturated heterocycles. The number of anilines is 1. The lowest BCUT2D eigenvalue weighted by molar-refractivity contribution is -0.115. The molecular formula is C22H16FN3OS. The van der Waals surface area contributed by atoms with E-state index in [1.807, 2.05) is 47.8 Å². The highest BCUT2D eigenvalue weighted by Gasteiger charge is 2.15. The van der Waals surface area contributed by atoms with Crippen LogP contribution in [0.1, 0.15) is 5.56 Å². The van der Waals surface area contributed by atoms with Crippen LogP contribution in [0.3, 0.4) is 0 Å². The van der Waals surface area contributed by atoms with Gasteiger partial charge in [-0.05, 0) is 29.1 Å². The number of aromatic nitrogens is 2. The van der Waals surface area contributed by atoms with Crippen LogP contribution in [0.2, 0.25) is 0 Å². The molecule has 0 fully saturated rings. The monoisotopic (exact) mass is 389 g/mol. The van der Waals surface area contributed by atoms with Crippen molar-refractivity contribution in [2.45, 2.75) is 6.42 Å². The van der Waals surface area contributed by atoms with E-state index in [1.54, 1.807) is 18.3 Å². The average Bonchev–Trinajstić information content (AvgIpc) is 3.25. The van der Waals surface area contributed by atoms with Crippen molar-refractivity contribution in [1.29, 1.82) is 0 Å². The van der Waals surface area contributed by atoms with Gasteiger partial charge >= 0.3 is 0 Å². The number of nitrogens with one attached hydrogen (secondary N) is 1. The van der Waals surface area contributed by atoms with Gasteiger partial charge in [0, 0.05) is 5.56 Å². The summed E-state index contributed by atoms with van der Waals surface area (Å²) in [5, 5.41) is 4.80. The van der Waals surface area contributed by atoms with Crippen molar-refractivity contribution in [2.75, 3.05) is 5.32 Å². The average molecular weight is 389 g/mol. The van der Waals surface area contributed by atoms with E-state index in [-0.39, 0.29) is 18.1 Å².